The molecule has 7 nitrogen and oxygen atoms in total. The van der Waals surface area contributed by atoms with Crippen molar-refractivity contribution < 1.29 is 9.59 Å². The van der Waals surface area contributed by atoms with Crippen molar-refractivity contribution in [2.75, 3.05) is 39.0 Å². The van der Waals surface area contributed by atoms with Crippen LogP contribution in [0.2, 0.25) is 0 Å². The van der Waals surface area contributed by atoms with Crippen LogP contribution in [0, 0.1) is 5.41 Å². The van der Waals surface area contributed by atoms with Gasteiger partial charge in [-0.15, -0.1) is 0 Å². The van der Waals surface area contributed by atoms with Gasteiger partial charge in [0.2, 0.25) is 11.8 Å². The highest BCUT2D eigenvalue weighted by atomic mass is 16.2. The second kappa shape index (κ2) is 10.9. The Bertz CT molecular complexity index is 1120. The minimum atomic E-state index is -0.352. The van der Waals surface area contributed by atoms with Gasteiger partial charge in [-0.2, -0.15) is 0 Å². The lowest BCUT2D eigenvalue weighted by Crippen LogP contribution is -2.48. The molecule has 0 saturated carbocycles. The number of amides is 2. The standard InChI is InChI=1S/C28H35N5O2/c1-4-5-6-7-21-8-10-24(32(2)19-21)20-33(3)25(34)11-9-22-16-23-17-28(12-14-29-15-13-28)27(35)31-26(23)30-18-22/h4-7,9-11,16,18-19,29H,8,12-15,17,20H2,1-3H3,(H,30,31,35)/b5-4-,7-6-,11-9+. The van der Waals surface area contributed by atoms with Crippen LogP contribution >= 0.6 is 0 Å². The zero-order chi connectivity index (χ0) is 24.8. The Morgan fingerprint density at radius 3 is 2.80 bits per heavy atom. The van der Waals surface area contributed by atoms with Crippen molar-refractivity contribution >= 4 is 23.7 Å². The number of hydrogen-bond donors (Lipinski definition) is 2. The van der Waals surface area contributed by atoms with E-state index in [0.29, 0.717) is 18.8 Å². The molecule has 2 N–H and O–H groups in total. The van der Waals surface area contributed by atoms with Gasteiger partial charge in [0.15, 0.2) is 0 Å². The lowest BCUT2D eigenvalue weighted by Gasteiger charge is -2.39. The van der Waals surface area contributed by atoms with Crippen LogP contribution in [0.3, 0.4) is 0 Å². The van der Waals surface area contributed by atoms with Crippen molar-refractivity contribution in [3.05, 3.63) is 77.3 Å². The number of fused-ring (bicyclic) bond motifs is 1. The molecule has 1 saturated heterocycles. The number of piperidine rings is 1. The summed E-state index contributed by atoms with van der Waals surface area (Å²) in [7, 11) is 3.82. The molecule has 3 aliphatic rings. The van der Waals surface area contributed by atoms with Gasteiger partial charge in [-0.1, -0.05) is 30.4 Å². The largest absolute Gasteiger partial charge is 0.353 e. The molecule has 1 fully saturated rings. The first-order valence-corrected chi connectivity index (χ1v) is 12.3. The van der Waals surface area contributed by atoms with Gasteiger partial charge in [-0.3, -0.25) is 9.59 Å². The molecule has 0 unspecified atom stereocenters. The predicted octanol–water partition coefficient (Wildman–Crippen LogP) is 3.65. The normalized spacial score (nSPS) is 19.7. The highest BCUT2D eigenvalue weighted by molar-refractivity contribution is 5.98. The number of allylic oxidation sites excluding steroid dienone is 6. The van der Waals surface area contributed by atoms with Gasteiger partial charge in [0.05, 0.1) is 12.0 Å². The maximum absolute atomic E-state index is 12.8. The molecule has 1 spiro atoms. The number of rotatable bonds is 6. The minimum Gasteiger partial charge on any atom is -0.353 e. The number of nitrogens with zero attached hydrogens (tertiary/aromatic N) is 3. The molecule has 0 radical (unpaired) electrons. The summed E-state index contributed by atoms with van der Waals surface area (Å²) in [6.45, 7) is 4.24. The number of anilines is 1. The van der Waals surface area contributed by atoms with Crippen LogP contribution in [0.15, 0.2) is 66.2 Å². The summed E-state index contributed by atoms with van der Waals surface area (Å²) in [4.78, 5) is 33.7. The van der Waals surface area contributed by atoms with Crippen molar-refractivity contribution in [3.8, 4) is 0 Å². The Balaban J connectivity index is 1.37. The summed E-state index contributed by atoms with van der Waals surface area (Å²) in [5.74, 6) is 0.653. The molecule has 0 aromatic carbocycles. The summed E-state index contributed by atoms with van der Waals surface area (Å²) < 4.78 is 0. The molecule has 4 heterocycles. The Morgan fingerprint density at radius 1 is 1.26 bits per heavy atom. The quantitative estimate of drug-likeness (QED) is 0.487. The molecule has 184 valence electrons. The minimum absolute atomic E-state index is 0.0668. The molecule has 35 heavy (non-hydrogen) atoms. The Labute approximate surface area is 208 Å². The summed E-state index contributed by atoms with van der Waals surface area (Å²) >= 11 is 0. The van der Waals surface area contributed by atoms with Crippen LogP contribution in [-0.2, 0) is 16.0 Å². The van der Waals surface area contributed by atoms with Gasteiger partial charge in [0.25, 0.3) is 0 Å². The lowest BCUT2D eigenvalue weighted by molar-refractivity contribution is -0.127. The predicted molar refractivity (Wildman–Crippen MR) is 140 cm³/mol. The smallest absolute Gasteiger partial charge is 0.246 e. The van der Waals surface area contributed by atoms with Crippen LogP contribution in [0.25, 0.3) is 6.08 Å². The average Bonchev–Trinajstić information content (AvgIpc) is 2.85. The van der Waals surface area contributed by atoms with E-state index in [4.69, 9.17) is 0 Å². The van der Waals surface area contributed by atoms with Crippen molar-refractivity contribution in [1.29, 1.82) is 0 Å². The maximum Gasteiger partial charge on any atom is 0.246 e. The average molecular weight is 474 g/mol. The summed E-state index contributed by atoms with van der Waals surface area (Å²) in [5.41, 5.74) is 3.87. The third-order valence-corrected chi connectivity index (χ3v) is 6.98. The molecule has 0 bridgehead atoms. The van der Waals surface area contributed by atoms with Crippen molar-refractivity contribution in [1.82, 2.24) is 20.1 Å². The monoisotopic (exact) mass is 473 g/mol. The Morgan fingerprint density at radius 2 is 2.06 bits per heavy atom. The number of hydrogen-bond acceptors (Lipinski definition) is 5. The molecule has 0 aliphatic carbocycles. The Hall–Kier alpha value is -3.45. The van der Waals surface area contributed by atoms with Gasteiger partial charge in [-0.25, -0.2) is 4.98 Å². The first-order valence-electron chi connectivity index (χ1n) is 12.3. The molecule has 4 rings (SSSR count). The van der Waals surface area contributed by atoms with Crippen LogP contribution in [0.1, 0.15) is 37.3 Å². The van der Waals surface area contributed by atoms with E-state index in [1.54, 1.807) is 23.2 Å². The van der Waals surface area contributed by atoms with Gasteiger partial charge < -0.3 is 20.4 Å². The van der Waals surface area contributed by atoms with Crippen molar-refractivity contribution in [2.24, 2.45) is 5.41 Å². The topological polar surface area (TPSA) is 77.6 Å². The number of aromatic nitrogens is 1. The van der Waals surface area contributed by atoms with E-state index in [0.717, 1.165) is 49.2 Å². The van der Waals surface area contributed by atoms with Gasteiger partial charge in [-0.05, 0) is 74.5 Å². The number of carbonyl (C=O) groups is 2. The number of nitrogens with one attached hydrogen (secondary N) is 2. The van der Waals surface area contributed by atoms with Crippen molar-refractivity contribution in [3.63, 3.8) is 0 Å². The fraction of sp³-hybridized carbons (Fsp3) is 0.393. The van der Waals surface area contributed by atoms with Gasteiger partial charge in [0.1, 0.15) is 5.82 Å². The van der Waals surface area contributed by atoms with E-state index < -0.39 is 0 Å². The third-order valence-electron chi connectivity index (χ3n) is 6.98. The van der Waals surface area contributed by atoms with Gasteiger partial charge >= 0.3 is 0 Å². The third kappa shape index (κ3) is 5.80. The number of likely N-dealkylation sites (N-methyl/N-ethyl adjacent to an activating group) is 2. The summed E-state index contributed by atoms with van der Waals surface area (Å²) in [6.07, 6.45) is 20.7. The van der Waals surface area contributed by atoms with Gasteiger partial charge in [0, 0.05) is 38.3 Å². The lowest BCUT2D eigenvalue weighted by atomic mass is 9.71. The zero-order valence-corrected chi connectivity index (χ0v) is 20.9. The summed E-state index contributed by atoms with van der Waals surface area (Å²) in [5, 5.41) is 6.33. The molecule has 3 aliphatic heterocycles. The van der Waals surface area contributed by atoms with Crippen LogP contribution in [0.4, 0.5) is 5.82 Å². The van der Waals surface area contributed by atoms with Crippen molar-refractivity contribution in [2.45, 2.75) is 32.6 Å². The van der Waals surface area contributed by atoms with Crippen LogP contribution in [-0.4, -0.2) is 60.3 Å². The molecule has 2 amide bonds. The molecule has 1 aromatic rings. The SMILES string of the molecule is C/C=C\C=C/C1=CN(C)C(CN(C)C(=O)/C=C/c2cnc3c(c2)CC2(CCNCC2)C(=O)N3)=CC1. The Kier molecular flexibility index (Phi) is 7.66. The van der Waals surface area contributed by atoms with E-state index in [9.17, 15) is 9.59 Å². The number of pyridine rings is 1. The second-order valence-electron chi connectivity index (χ2n) is 9.56. The molecule has 0 atom stereocenters. The molecular weight excluding hydrogens is 438 g/mol. The maximum atomic E-state index is 12.8. The fourth-order valence-electron chi connectivity index (χ4n) is 4.82. The molecule has 7 heteroatoms. The zero-order valence-electron chi connectivity index (χ0n) is 20.9. The highest BCUT2D eigenvalue weighted by Gasteiger charge is 2.43. The van der Waals surface area contributed by atoms with E-state index >= 15 is 0 Å². The molecule has 1 aromatic heterocycles. The van der Waals surface area contributed by atoms with Crippen LogP contribution in [0.5, 0.6) is 0 Å². The molecular formula is C28H35N5O2. The van der Waals surface area contributed by atoms with Crippen LogP contribution < -0.4 is 10.6 Å². The van der Waals surface area contributed by atoms with E-state index in [-0.39, 0.29) is 17.2 Å². The first-order chi connectivity index (χ1) is 16.9. The summed E-state index contributed by atoms with van der Waals surface area (Å²) in [6, 6.07) is 2.04. The first kappa shape index (κ1) is 24.7. The van der Waals surface area contributed by atoms with E-state index in [2.05, 4.69) is 38.9 Å². The fourth-order valence-corrected chi connectivity index (χ4v) is 4.82. The second-order valence-corrected chi connectivity index (χ2v) is 9.56. The highest BCUT2D eigenvalue weighted by Crippen LogP contribution is 2.39. The van der Waals surface area contributed by atoms with E-state index in [1.807, 2.05) is 45.3 Å². The number of carbonyl (C=O) groups excluding carboxylic acids is 2. The van der Waals surface area contributed by atoms with E-state index in [1.165, 1.54) is 5.57 Å².